The minimum atomic E-state index is -3.03. The predicted molar refractivity (Wildman–Crippen MR) is 67.3 cm³/mol. The van der Waals surface area contributed by atoms with Gasteiger partial charge in [-0.3, -0.25) is 0 Å². The zero-order chi connectivity index (χ0) is 12.3. The molecule has 0 aromatic carbocycles. The van der Waals surface area contributed by atoms with E-state index < -0.39 is 10.0 Å². The number of hydrogen-bond donors (Lipinski definition) is 0. The molecule has 2 atom stereocenters. The molecule has 100 valence electrons. The molecule has 2 fully saturated rings. The van der Waals surface area contributed by atoms with Gasteiger partial charge in [0.2, 0.25) is 10.0 Å². The fraction of sp³-hybridized carbons (Fsp3) is 1.00. The van der Waals surface area contributed by atoms with E-state index in [0.29, 0.717) is 25.0 Å². The highest BCUT2D eigenvalue weighted by atomic mass is 32.2. The molecular formula is C12H23NO3S. The number of hydrogen-bond acceptors (Lipinski definition) is 3. The molecule has 1 aliphatic heterocycles. The molecule has 1 heterocycles. The van der Waals surface area contributed by atoms with Gasteiger partial charge in [-0.1, -0.05) is 19.3 Å². The average Bonchev–Trinajstić information content (AvgIpc) is 2.41. The van der Waals surface area contributed by atoms with Gasteiger partial charge in [0.05, 0.1) is 5.75 Å². The van der Waals surface area contributed by atoms with E-state index in [4.69, 9.17) is 4.74 Å². The van der Waals surface area contributed by atoms with E-state index in [9.17, 15) is 8.42 Å². The van der Waals surface area contributed by atoms with Crippen molar-refractivity contribution in [1.82, 2.24) is 4.31 Å². The summed E-state index contributed by atoms with van der Waals surface area (Å²) in [5.41, 5.74) is 0. The monoisotopic (exact) mass is 261 g/mol. The van der Waals surface area contributed by atoms with Gasteiger partial charge in [0.1, 0.15) is 0 Å². The molecule has 4 nitrogen and oxygen atoms in total. The van der Waals surface area contributed by atoms with Crippen molar-refractivity contribution >= 4 is 10.0 Å². The summed E-state index contributed by atoms with van der Waals surface area (Å²) in [6.45, 7) is 1.29. The first-order valence-electron chi connectivity index (χ1n) is 6.63. The van der Waals surface area contributed by atoms with Gasteiger partial charge in [-0.05, 0) is 25.2 Å². The number of nitrogens with zero attached hydrogens (tertiary/aromatic N) is 1. The summed E-state index contributed by atoms with van der Waals surface area (Å²) in [6.07, 6.45) is 6.62. The Labute approximate surface area is 104 Å². The lowest BCUT2D eigenvalue weighted by molar-refractivity contribution is 0.0937. The van der Waals surface area contributed by atoms with Crippen LogP contribution in [-0.2, 0) is 14.8 Å². The van der Waals surface area contributed by atoms with Crippen LogP contribution in [0.3, 0.4) is 0 Å². The largest absolute Gasteiger partial charge is 0.385 e. The van der Waals surface area contributed by atoms with Crippen molar-refractivity contribution in [2.45, 2.75) is 44.6 Å². The van der Waals surface area contributed by atoms with Crippen molar-refractivity contribution in [3.63, 3.8) is 0 Å². The van der Waals surface area contributed by atoms with Gasteiger partial charge in [0, 0.05) is 26.3 Å². The minimum absolute atomic E-state index is 0.240. The van der Waals surface area contributed by atoms with Gasteiger partial charge < -0.3 is 4.74 Å². The summed E-state index contributed by atoms with van der Waals surface area (Å²) in [6, 6.07) is 0.310. The van der Waals surface area contributed by atoms with Crippen LogP contribution in [0.15, 0.2) is 0 Å². The van der Waals surface area contributed by atoms with Gasteiger partial charge in [0.25, 0.3) is 0 Å². The second-order valence-corrected chi connectivity index (χ2v) is 7.24. The van der Waals surface area contributed by atoms with Crippen LogP contribution >= 0.6 is 0 Å². The number of sulfonamides is 1. The molecule has 0 unspecified atom stereocenters. The molecule has 2 aliphatic rings. The minimum Gasteiger partial charge on any atom is -0.385 e. The molecule has 1 saturated carbocycles. The standard InChI is InChI=1S/C12H23NO3S/c1-16-8-5-9-17(14,15)13-10-11-6-3-2-4-7-12(11)13/h11-12H,2-10H2,1H3/t11-,12-/m1/s1. The van der Waals surface area contributed by atoms with Crippen molar-refractivity contribution in [2.24, 2.45) is 5.92 Å². The maximum Gasteiger partial charge on any atom is 0.214 e. The third kappa shape index (κ3) is 3.01. The molecule has 0 amide bonds. The first-order valence-corrected chi connectivity index (χ1v) is 8.24. The summed E-state index contributed by atoms with van der Waals surface area (Å²) >= 11 is 0. The Bertz CT molecular complexity index is 342. The lowest BCUT2D eigenvalue weighted by Gasteiger charge is -2.46. The van der Waals surface area contributed by atoms with Crippen LogP contribution in [0.2, 0.25) is 0 Å². The second-order valence-electron chi connectivity index (χ2n) is 5.20. The lowest BCUT2D eigenvalue weighted by atomic mass is 9.87. The maximum absolute atomic E-state index is 12.1. The van der Waals surface area contributed by atoms with Crippen molar-refractivity contribution in [1.29, 1.82) is 0 Å². The number of methoxy groups -OCH3 is 1. The van der Waals surface area contributed by atoms with Crippen LogP contribution in [0, 0.1) is 5.92 Å². The summed E-state index contributed by atoms with van der Waals surface area (Å²) in [5.74, 6) is 0.874. The van der Waals surface area contributed by atoms with Gasteiger partial charge in [-0.25, -0.2) is 8.42 Å². The molecule has 1 aliphatic carbocycles. The Hall–Kier alpha value is -0.130. The van der Waals surface area contributed by atoms with Gasteiger partial charge in [-0.15, -0.1) is 0 Å². The molecule has 17 heavy (non-hydrogen) atoms. The van der Waals surface area contributed by atoms with Crippen LogP contribution in [0.25, 0.3) is 0 Å². The Balaban J connectivity index is 1.90. The molecule has 0 spiro atoms. The highest BCUT2D eigenvalue weighted by molar-refractivity contribution is 7.89. The predicted octanol–water partition coefficient (Wildman–Crippen LogP) is 1.62. The van der Waals surface area contributed by atoms with E-state index in [2.05, 4.69) is 0 Å². The summed E-state index contributed by atoms with van der Waals surface area (Å²) in [4.78, 5) is 0. The summed E-state index contributed by atoms with van der Waals surface area (Å²) < 4.78 is 30.9. The average molecular weight is 261 g/mol. The van der Waals surface area contributed by atoms with Gasteiger partial charge in [-0.2, -0.15) is 4.31 Å². The molecule has 0 aromatic rings. The Morgan fingerprint density at radius 1 is 1.24 bits per heavy atom. The van der Waals surface area contributed by atoms with Crippen molar-refractivity contribution in [3.8, 4) is 0 Å². The maximum atomic E-state index is 12.1. The van der Waals surface area contributed by atoms with Crippen LogP contribution in [-0.4, -0.2) is 44.8 Å². The smallest absolute Gasteiger partial charge is 0.214 e. The molecule has 0 N–H and O–H groups in total. The third-order valence-corrected chi connectivity index (χ3v) is 5.95. The number of ether oxygens (including phenoxy) is 1. The summed E-state index contributed by atoms with van der Waals surface area (Å²) in [7, 11) is -1.42. The number of rotatable bonds is 5. The fourth-order valence-corrected chi connectivity index (χ4v) is 4.83. The zero-order valence-corrected chi connectivity index (χ0v) is 11.4. The first-order chi connectivity index (χ1) is 8.15. The second kappa shape index (κ2) is 5.67. The molecule has 0 bridgehead atoms. The van der Waals surface area contributed by atoms with E-state index in [0.717, 1.165) is 13.0 Å². The Kier molecular flexibility index (Phi) is 4.44. The van der Waals surface area contributed by atoms with E-state index in [1.54, 1.807) is 11.4 Å². The number of fused-ring (bicyclic) bond motifs is 1. The molecular weight excluding hydrogens is 238 g/mol. The van der Waals surface area contributed by atoms with E-state index >= 15 is 0 Å². The third-order valence-electron chi connectivity index (χ3n) is 4.01. The Morgan fingerprint density at radius 3 is 2.76 bits per heavy atom. The molecule has 2 rings (SSSR count). The van der Waals surface area contributed by atoms with E-state index in [1.165, 1.54) is 25.7 Å². The highest BCUT2D eigenvalue weighted by Gasteiger charge is 2.44. The van der Waals surface area contributed by atoms with Crippen molar-refractivity contribution in [2.75, 3.05) is 26.0 Å². The van der Waals surface area contributed by atoms with Crippen LogP contribution in [0.5, 0.6) is 0 Å². The molecule has 0 radical (unpaired) electrons. The highest BCUT2D eigenvalue weighted by Crippen LogP contribution is 2.37. The van der Waals surface area contributed by atoms with Crippen molar-refractivity contribution < 1.29 is 13.2 Å². The van der Waals surface area contributed by atoms with Crippen LogP contribution in [0.4, 0.5) is 0 Å². The Morgan fingerprint density at radius 2 is 2.00 bits per heavy atom. The molecule has 1 saturated heterocycles. The first kappa shape index (κ1) is 13.3. The fourth-order valence-electron chi connectivity index (χ4n) is 3.01. The quantitative estimate of drug-likeness (QED) is 0.706. The van der Waals surface area contributed by atoms with E-state index in [1.807, 2.05) is 0 Å². The normalized spacial score (nSPS) is 30.4. The SMILES string of the molecule is COCCCS(=O)(=O)N1C[C@H]2CCCCC[C@H]21. The molecule has 0 aromatic heterocycles. The van der Waals surface area contributed by atoms with Gasteiger partial charge in [0.15, 0.2) is 0 Å². The summed E-state index contributed by atoms with van der Waals surface area (Å²) in [5, 5.41) is 0. The van der Waals surface area contributed by atoms with Gasteiger partial charge >= 0.3 is 0 Å². The van der Waals surface area contributed by atoms with Crippen LogP contribution < -0.4 is 0 Å². The lowest BCUT2D eigenvalue weighted by Crippen LogP contribution is -2.58. The van der Waals surface area contributed by atoms with Crippen LogP contribution in [0.1, 0.15) is 38.5 Å². The topological polar surface area (TPSA) is 46.6 Å². The molecule has 5 heteroatoms. The van der Waals surface area contributed by atoms with E-state index in [-0.39, 0.29) is 5.75 Å². The van der Waals surface area contributed by atoms with Crippen molar-refractivity contribution in [3.05, 3.63) is 0 Å². The zero-order valence-electron chi connectivity index (χ0n) is 10.6.